The lowest BCUT2D eigenvalue weighted by atomic mass is 9.75. The molecule has 21 heavy (non-hydrogen) atoms. The zero-order chi connectivity index (χ0) is 14.7. The lowest BCUT2D eigenvalue weighted by molar-refractivity contribution is 0.0239. The quantitative estimate of drug-likeness (QED) is 0.762. The van der Waals surface area contributed by atoms with Crippen molar-refractivity contribution >= 4 is 5.91 Å². The van der Waals surface area contributed by atoms with Crippen LogP contribution in [0.4, 0.5) is 0 Å². The van der Waals surface area contributed by atoms with Crippen LogP contribution in [-0.4, -0.2) is 38.3 Å². The number of aliphatic hydroxyl groups excluding tert-OH is 1. The summed E-state index contributed by atoms with van der Waals surface area (Å²) < 4.78 is 0. The smallest absolute Gasteiger partial charge is 0.269 e. The lowest BCUT2D eigenvalue weighted by Crippen LogP contribution is -2.48. The second kappa shape index (κ2) is 6.05. The van der Waals surface area contributed by atoms with E-state index in [9.17, 15) is 9.90 Å². The molecule has 3 N–H and O–H groups in total. The van der Waals surface area contributed by atoms with Gasteiger partial charge in [0.2, 0.25) is 0 Å². The summed E-state index contributed by atoms with van der Waals surface area (Å²) >= 11 is 0. The molecule has 1 amide bonds. The minimum Gasteiger partial charge on any atom is -0.393 e. The SMILES string of the molecule is O=C(N[C@H](Cc1ccncc1)C1CC(O)C1)c1ccn[nH]1. The number of nitrogens with zero attached hydrogens (tertiary/aromatic N) is 2. The van der Waals surface area contributed by atoms with Crippen LogP contribution < -0.4 is 5.32 Å². The van der Waals surface area contributed by atoms with Crippen molar-refractivity contribution in [2.24, 2.45) is 5.92 Å². The van der Waals surface area contributed by atoms with Gasteiger partial charge in [-0.15, -0.1) is 0 Å². The molecule has 1 saturated carbocycles. The molecular formula is C15H18N4O2. The Bertz CT molecular complexity index is 579. The molecule has 2 aromatic heterocycles. The minimum absolute atomic E-state index is 0.00611. The highest BCUT2D eigenvalue weighted by molar-refractivity contribution is 5.92. The molecule has 0 spiro atoms. The van der Waals surface area contributed by atoms with Gasteiger partial charge in [-0.25, -0.2) is 0 Å². The molecule has 0 aromatic carbocycles. The minimum atomic E-state index is -0.237. The molecule has 6 heteroatoms. The number of hydrogen-bond acceptors (Lipinski definition) is 4. The van der Waals surface area contributed by atoms with E-state index in [1.54, 1.807) is 24.7 Å². The largest absolute Gasteiger partial charge is 0.393 e. The van der Waals surface area contributed by atoms with Crippen LogP contribution in [0.3, 0.4) is 0 Å². The van der Waals surface area contributed by atoms with Crippen LogP contribution in [0, 0.1) is 5.92 Å². The van der Waals surface area contributed by atoms with Crippen LogP contribution in [0.5, 0.6) is 0 Å². The Hall–Kier alpha value is -2.21. The van der Waals surface area contributed by atoms with Crippen molar-refractivity contribution in [2.45, 2.75) is 31.4 Å². The monoisotopic (exact) mass is 286 g/mol. The molecule has 0 radical (unpaired) electrons. The van der Waals surface area contributed by atoms with Crippen molar-refractivity contribution in [3.05, 3.63) is 48.0 Å². The van der Waals surface area contributed by atoms with Gasteiger partial charge in [0.1, 0.15) is 5.69 Å². The van der Waals surface area contributed by atoms with Crippen molar-refractivity contribution in [3.8, 4) is 0 Å². The maximum atomic E-state index is 12.2. The maximum Gasteiger partial charge on any atom is 0.269 e. The van der Waals surface area contributed by atoms with Gasteiger partial charge in [-0.3, -0.25) is 14.9 Å². The van der Waals surface area contributed by atoms with Crippen LogP contribution in [0.25, 0.3) is 0 Å². The van der Waals surface area contributed by atoms with Gasteiger partial charge in [0.05, 0.1) is 6.10 Å². The predicted molar refractivity (Wildman–Crippen MR) is 76.5 cm³/mol. The van der Waals surface area contributed by atoms with Gasteiger partial charge >= 0.3 is 0 Å². The second-order valence-corrected chi connectivity index (χ2v) is 5.50. The van der Waals surface area contributed by atoms with Crippen molar-refractivity contribution < 1.29 is 9.90 Å². The topological polar surface area (TPSA) is 90.9 Å². The number of H-pyrrole nitrogens is 1. The molecule has 2 heterocycles. The molecule has 0 aliphatic heterocycles. The Morgan fingerprint density at radius 1 is 1.33 bits per heavy atom. The van der Waals surface area contributed by atoms with Crippen LogP contribution in [-0.2, 0) is 6.42 Å². The molecule has 3 rings (SSSR count). The van der Waals surface area contributed by atoms with Crippen LogP contribution in [0.2, 0.25) is 0 Å². The number of aromatic nitrogens is 3. The third kappa shape index (κ3) is 3.28. The average Bonchev–Trinajstić information content (AvgIpc) is 2.98. The first kappa shape index (κ1) is 13.8. The molecule has 0 bridgehead atoms. The number of aromatic amines is 1. The number of carbonyl (C=O) groups is 1. The molecule has 1 fully saturated rings. The summed E-state index contributed by atoms with van der Waals surface area (Å²) in [6.07, 6.45) is 7.02. The number of pyridine rings is 1. The zero-order valence-electron chi connectivity index (χ0n) is 11.6. The average molecular weight is 286 g/mol. The van der Waals surface area contributed by atoms with E-state index in [0.29, 0.717) is 11.6 Å². The highest BCUT2D eigenvalue weighted by Gasteiger charge is 2.35. The Kier molecular flexibility index (Phi) is 3.96. The second-order valence-electron chi connectivity index (χ2n) is 5.50. The van der Waals surface area contributed by atoms with E-state index in [2.05, 4.69) is 20.5 Å². The summed E-state index contributed by atoms with van der Waals surface area (Å²) in [7, 11) is 0. The van der Waals surface area contributed by atoms with E-state index in [0.717, 1.165) is 24.8 Å². The zero-order valence-corrected chi connectivity index (χ0v) is 11.6. The number of hydrogen-bond donors (Lipinski definition) is 3. The van der Waals surface area contributed by atoms with Crippen LogP contribution in [0.15, 0.2) is 36.8 Å². The van der Waals surface area contributed by atoms with E-state index in [-0.39, 0.29) is 18.1 Å². The first-order valence-corrected chi connectivity index (χ1v) is 7.09. The number of amides is 1. The summed E-state index contributed by atoms with van der Waals surface area (Å²) in [6, 6.07) is 5.55. The Morgan fingerprint density at radius 3 is 2.71 bits per heavy atom. The molecular weight excluding hydrogens is 268 g/mol. The number of aliphatic hydroxyl groups is 1. The Balaban J connectivity index is 1.69. The van der Waals surface area contributed by atoms with Crippen molar-refractivity contribution in [3.63, 3.8) is 0 Å². The van der Waals surface area contributed by atoms with Crippen molar-refractivity contribution in [1.82, 2.24) is 20.5 Å². The molecule has 0 saturated heterocycles. The lowest BCUT2D eigenvalue weighted by Gasteiger charge is -2.38. The number of rotatable bonds is 5. The summed E-state index contributed by atoms with van der Waals surface area (Å²) in [6.45, 7) is 0. The fourth-order valence-electron chi connectivity index (χ4n) is 2.70. The van der Waals surface area contributed by atoms with Gasteiger partial charge in [-0.2, -0.15) is 5.10 Å². The molecule has 2 aromatic rings. The Morgan fingerprint density at radius 2 is 2.10 bits per heavy atom. The molecule has 1 aliphatic rings. The van der Waals surface area contributed by atoms with Gasteiger partial charge in [0.25, 0.3) is 5.91 Å². The fraction of sp³-hybridized carbons (Fsp3) is 0.400. The van der Waals surface area contributed by atoms with E-state index in [1.165, 1.54) is 0 Å². The third-order valence-corrected chi connectivity index (χ3v) is 3.99. The molecule has 1 atom stereocenters. The van der Waals surface area contributed by atoms with E-state index < -0.39 is 0 Å². The third-order valence-electron chi connectivity index (χ3n) is 3.99. The van der Waals surface area contributed by atoms with Gasteiger partial charge in [0.15, 0.2) is 0 Å². The van der Waals surface area contributed by atoms with Crippen LogP contribution >= 0.6 is 0 Å². The van der Waals surface area contributed by atoms with E-state index in [1.807, 2.05) is 12.1 Å². The van der Waals surface area contributed by atoms with E-state index in [4.69, 9.17) is 0 Å². The first-order valence-electron chi connectivity index (χ1n) is 7.09. The highest BCUT2D eigenvalue weighted by atomic mass is 16.3. The molecule has 0 unspecified atom stereocenters. The normalized spacial score (nSPS) is 22.3. The molecule has 110 valence electrons. The van der Waals surface area contributed by atoms with Gasteiger partial charge in [-0.1, -0.05) is 0 Å². The summed E-state index contributed by atoms with van der Waals surface area (Å²) in [5.41, 5.74) is 1.58. The van der Waals surface area contributed by atoms with Gasteiger partial charge < -0.3 is 10.4 Å². The molecule has 6 nitrogen and oxygen atoms in total. The predicted octanol–water partition coefficient (Wildman–Crippen LogP) is 0.917. The van der Waals surface area contributed by atoms with Crippen molar-refractivity contribution in [2.75, 3.05) is 0 Å². The summed E-state index contributed by atoms with van der Waals surface area (Å²) in [4.78, 5) is 16.2. The fourth-order valence-corrected chi connectivity index (χ4v) is 2.70. The van der Waals surface area contributed by atoms with Crippen LogP contribution in [0.1, 0.15) is 28.9 Å². The number of nitrogens with one attached hydrogen (secondary N) is 2. The number of carbonyl (C=O) groups excluding carboxylic acids is 1. The molecule has 1 aliphatic carbocycles. The Labute approximate surface area is 122 Å². The highest BCUT2D eigenvalue weighted by Crippen LogP contribution is 2.31. The summed E-state index contributed by atoms with van der Waals surface area (Å²) in [5, 5.41) is 19.0. The maximum absolute atomic E-state index is 12.2. The standard InChI is InChI=1S/C15H18N4O2/c20-12-8-11(9-12)14(7-10-1-4-16-5-2-10)18-15(21)13-3-6-17-19-13/h1-6,11-12,14,20H,7-9H2,(H,17,19)(H,18,21)/t11?,12?,14-/m1/s1. The van der Waals surface area contributed by atoms with E-state index >= 15 is 0 Å². The van der Waals surface area contributed by atoms with Gasteiger partial charge in [0, 0.05) is 24.6 Å². The van der Waals surface area contributed by atoms with Gasteiger partial charge in [-0.05, 0) is 48.9 Å². The van der Waals surface area contributed by atoms with Crippen molar-refractivity contribution in [1.29, 1.82) is 0 Å². The first-order chi connectivity index (χ1) is 10.2. The summed E-state index contributed by atoms with van der Waals surface area (Å²) in [5.74, 6) is 0.146.